The third kappa shape index (κ3) is 2.51. The molecule has 0 fully saturated rings. The molecule has 0 N–H and O–H groups in total. The third-order valence-corrected chi connectivity index (χ3v) is 2.01. The molecular weight excluding hydrogens is 278 g/mol. The predicted octanol–water partition coefficient (Wildman–Crippen LogP) is 0.474. The average molecular weight is 280 g/mol. The van der Waals surface area contributed by atoms with E-state index in [1.807, 2.05) is 0 Å². The van der Waals surface area contributed by atoms with E-state index in [4.69, 9.17) is 0 Å². The maximum atomic E-state index is 13.2. The number of aliphatic carboxylic acids is 1. The lowest BCUT2D eigenvalue weighted by molar-refractivity contribution is -0.388. The summed E-state index contributed by atoms with van der Waals surface area (Å²) in [5.74, 6) is -13.5. The number of carbonyl (C=O) groups excluding carboxylic acids is 2. The fraction of sp³-hybridized carbons (Fsp3) is 0.111. The number of ketones is 1. The lowest BCUT2D eigenvalue weighted by atomic mass is 10.0. The summed E-state index contributed by atoms with van der Waals surface area (Å²) in [7, 11) is 0. The molecule has 0 aromatic heterocycles. The molecule has 0 aliphatic carbocycles. The lowest BCUT2D eigenvalue weighted by Gasteiger charge is -2.07. The molecule has 0 atom stereocenters. The Bertz CT molecular complexity index is 601. The molecule has 0 aliphatic heterocycles. The van der Waals surface area contributed by atoms with E-state index in [9.17, 15) is 42.4 Å². The van der Waals surface area contributed by atoms with Crippen LogP contribution in [0.15, 0.2) is 0 Å². The normalized spacial score (nSPS) is 10.3. The van der Waals surface area contributed by atoms with Crippen LogP contribution in [0.5, 0.6) is 0 Å². The van der Waals surface area contributed by atoms with Crippen LogP contribution >= 0.6 is 0 Å². The highest BCUT2D eigenvalue weighted by atomic mass is 19.2. The molecule has 1 aromatic carbocycles. The van der Waals surface area contributed by atoms with E-state index in [1.54, 1.807) is 0 Å². The van der Waals surface area contributed by atoms with Crippen LogP contribution < -0.4 is 5.11 Å². The number of nitro groups is 1. The summed E-state index contributed by atoms with van der Waals surface area (Å²) < 4.78 is 52.0. The Labute approximate surface area is 101 Å². The molecular formula is C9H2F4NO5-. The number of Topliss-reactive ketones (excluding diaryl/α,β-unsaturated/α-hetero) is 1. The first-order chi connectivity index (χ1) is 8.68. The van der Waals surface area contributed by atoms with Gasteiger partial charge in [0.2, 0.25) is 11.6 Å². The second-order valence-electron chi connectivity index (χ2n) is 3.21. The highest BCUT2D eigenvalue weighted by molar-refractivity contribution is 6.07. The molecule has 0 radical (unpaired) electrons. The Hall–Kier alpha value is -2.52. The van der Waals surface area contributed by atoms with E-state index in [0.717, 1.165) is 0 Å². The van der Waals surface area contributed by atoms with Crippen LogP contribution in [0.25, 0.3) is 0 Å². The largest absolute Gasteiger partial charge is 0.550 e. The fourth-order valence-corrected chi connectivity index (χ4v) is 1.27. The number of halogens is 4. The van der Waals surface area contributed by atoms with Gasteiger partial charge in [0.15, 0.2) is 17.4 Å². The molecule has 1 aromatic rings. The Kier molecular flexibility index (Phi) is 3.83. The van der Waals surface area contributed by atoms with Gasteiger partial charge in [-0.1, -0.05) is 0 Å². The predicted molar refractivity (Wildman–Crippen MR) is 46.9 cm³/mol. The van der Waals surface area contributed by atoms with Gasteiger partial charge < -0.3 is 9.90 Å². The van der Waals surface area contributed by atoms with Crippen molar-refractivity contribution >= 4 is 17.4 Å². The Balaban J connectivity index is 3.66. The van der Waals surface area contributed by atoms with Crippen molar-refractivity contribution < 1.29 is 37.2 Å². The van der Waals surface area contributed by atoms with Gasteiger partial charge in [-0.25, -0.2) is 13.2 Å². The zero-order valence-corrected chi connectivity index (χ0v) is 8.71. The molecule has 0 amide bonds. The Morgan fingerprint density at radius 2 is 1.47 bits per heavy atom. The second-order valence-corrected chi connectivity index (χ2v) is 3.21. The summed E-state index contributed by atoms with van der Waals surface area (Å²) in [4.78, 5) is 30.1. The van der Waals surface area contributed by atoms with Gasteiger partial charge in [-0.15, -0.1) is 0 Å². The van der Waals surface area contributed by atoms with Gasteiger partial charge in [0.1, 0.15) is 5.56 Å². The number of nitrogens with zero attached hydrogens (tertiary/aromatic N) is 1. The number of carboxylic acid groups (broad SMARTS) is 1. The molecule has 0 spiro atoms. The molecule has 0 unspecified atom stereocenters. The van der Waals surface area contributed by atoms with Crippen LogP contribution in [0.3, 0.4) is 0 Å². The molecule has 0 saturated carbocycles. The second kappa shape index (κ2) is 5.00. The maximum absolute atomic E-state index is 13.2. The van der Waals surface area contributed by atoms with Crippen molar-refractivity contribution in [2.75, 3.05) is 0 Å². The fourth-order valence-electron chi connectivity index (χ4n) is 1.27. The first kappa shape index (κ1) is 14.5. The molecule has 6 nitrogen and oxygen atoms in total. The smallest absolute Gasteiger partial charge is 0.321 e. The number of benzene rings is 1. The van der Waals surface area contributed by atoms with Gasteiger partial charge >= 0.3 is 5.69 Å². The molecule has 0 heterocycles. The van der Waals surface area contributed by atoms with Crippen LogP contribution in [-0.4, -0.2) is 16.7 Å². The third-order valence-electron chi connectivity index (χ3n) is 2.01. The molecule has 1 rings (SSSR count). The minimum atomic E-state index is -2.48. The Morgan fingerprint density at radius 1 is 1.00 bits per heavy atom. The van der Waals surface area contributed by atoms with Gasteiger partial charge in [0.25, 0.3) is 0 Å². The van der Waals surface area contributed by atoms with Crippen LogP contribution in [0, 0.1) is 33.4 Å². The Morgan fingerprint density at radius 3 is 1.89 bits per heavy atom. The van der Waals surface area contributed by atoms with Crippen LogP contribution in [-0.2, 0) is 4.79 Å². The summed E-state index contributed by atoms with van der Waals surface area (Å²) in [6, 6.07) is 0. The van der Waals surface area contributed by atoms with E-state index in [1.165, 1.54) is 0 Å². The number of carboxylic acids is 1. The van der Waals surface area contributed by atoms with E-state index in [0.29, 0.717) is 0 Å². The van der Waals surface area contributed by atoms with Gasteiger partial charge in [0, 0.05) is 5.97 Å². The van der Waals surface area contributed by atoms with Gasteiger partial charge in [-0.2, -0.15) is 4.39 Å². The zero-order chi connectivity index (χ0) is 14.9. The van der Waals surface area contributed by atoms with E-state index in [2.05, 4.69) is 0 Å². The highest BCUT2D eigenvalue weighted by Crippen LogP contribution is 2.31. The zero-order valence-electron chi connectivity index (χ0n) is 8.71. The number of rotatable bonds is 4. The van der Waals surface area contributed by atoms with Crippen LogP contribution in [0.2, 0.25) is 0 Å². The summed E-state index contributed by atoms with van der Waals surface area (Å²) >= 11 is 0. The SMILES string of the molecule is O=C([O-])CC(=O)c1c(F)c(F)c(F)c(F)c1[N+](=O)[O-]. The van der Waals surface area contributed by atoms with Crippen LogP contribution in [0.1, 0.15) is 16.8 Å². The quantitative estimate of drug-likeness (QED) is 0.152. The highest BCUT2D eigenvalue weighted by Gasteiger charge is 2.36. The van der Waals surface area contributed by atoms with E-state index in [-0.39, 0.29) is 0 Å². The summed E-state index contributed by atoms with van der Waals surface area (Å²) in [5, 5.41) is 20.6. The number of hydrogen-bond donors (Lipinski definition) is 0. The van der Waals surface area contributed by atoms with Gasteiger partial charge in [0.05, 0.1) is 11.3 Å². The average Bonchev–Trinajstić information content (AvgIpc) is 2.29. The lowest BCUT2D eigenvalue weighted by Crippen LogP contribution is -2.26. The number of carbonyl (C=O) groups is 2. The van der Waals surface area contributed by atoms with Crippen molar-refractivity contribution in [1.29, 1.82) is 0 Å². The van der Waals surface area contributed by atoms with Crippen LogP contribution in [0.4, 0.5) is 23.2 Å². The molecule has 19 heavy (non-hydrogen) atoms. The monoisotopic (exact) mass is 280 g/mol. The van der Waals surface area contributed by atoms with Gasteiger partial charge in [-0.05, 0) is 0 Å². The van der Waals surface area contributed by atoms with Crippen molar-refractivity contribution in [3.05, 3.63) is 38.9 Å². The van der Waals surface area contributed by atoms with Crippen molar-refractivity contribution in [3.63, 3.8) is 0 Å². The molecule has 0 saturated heterocycles. The van der Waals surface area contributed by atoms with Crippen molar-refractivity contribution in [1.82, 2.24) is 0 Å². The molecule has 10 heteroatoms. The van der Waals surface area contributed by atoms with Gasteiger partial charge in [-0.3, -0.25) is 14.9 Å². The van der Waals surface area contributed by atoms with Crippen molar-refractivity contribution in [2.24, 2.45) is 0 Å². The summed E-state index contributed by atoms with van der Waals surface area (Å²) in [6.45, 7) is 0. The maximum Gasteiger partial charge on any atom is 0.321 e. The summed E-state index contributed by atoms with van der Waals surface area (Å²) in [5.41, 5.74) is -3.76. The minimum Gasteiger partial charge on any atom is -0.550 e. The molecule has 102 valence electrons. The minimum absolute atomic E-state index is 1.55. The number of nitro benzene ring substituents is 1. The molecule has 0 aliphatic rings. The van der Waals surface area contributed by atoms with E-state index >= 15 is 0 Å². The topological polar surface area (TPSA) is 100 Å². The van der Waals surface area contributed by atoms with Crippen molar-refractivity contribution in [3.8, 4) is 0 Å². The summed E-state index contributed by atoms with van der Waals surface area (Å²) in [6.07, 6.45) is -1.55. The van der Waals surface area contributed by atoms with E-state index < -0.39 is 57.6 Å². The number of hydrogen-bond acceptors (Lipinski definition) is 5. The first-order valence-electron chi connectivity index (χ1n) is 4.41. The first-order valence-corrected chi connectivity index (χ1v) is 4.41. The molecule has 0 bridgehead atoms. The standard InChI is InChI=1S/C9H3F4NO5/c10-5-4(2(15)1-3(16)17)9(14(18)19)8(13)7(12)6(5)11/h1H2,(H,16,17)/p-1. The van der Waals surface area contributed by atoms with Crippen molar-refractivity contribution in [2.45, 2.75) is 6.42 Å².